The minimum atomic E-state index is -0.855. The van der Waals surface area contributed by atoms with E-state index in [0.717, 1.165) is 9.75 Å². The highest BCUT2D eigenvalue weighted by molar-refractivity contribution is 7.14. The Balaban J connectivity index is 2.80. The highest BCUT2D eigenvalue weighted by Crippen LogP contribution is 2.17. The number of carboxylic acids is 1. The molecule has 0 radical (unpaired) electrons. The average Bonchev–Trinajstić information content (AvgIpc) is 2.50. The van der Waals surface area contributed by atoms with Crippen LogP contribution in [0, 0.1) is 0 Å². The molecular formula is C8H9NO3S. The Kier molecular flexibility index (Phi) is 3.02. The molecule has 0 aromatic carbocycles. The van der Waals surface area contributed by atoms with Crippen LogP contribution in [0.3, 0.4) is 0 Å². The summed E-state index contributed by atoms with van der Waals surface area (Å²) in [5.41, 5.74) is 0.502. The van der Waals surface area contributed by atoms with Crippen LogP contribution in [0.25, 0.3) is 0 Å². The van der Waals surface area contributed by atoms with E-state index in [-0.39, 0.29) is 6.42 Å². The number of carbonyl (C=O) groups is 1. The van der Waals surface area contributed by atoms with E-state index in [1.807, 2.05) is 0 Å². The van der Waals surface area contributed by atoms with Gasteiger partial charge >= 0.3 is 5.97 Å². The largest absolute Gasteiger partial charge is 0.481 e. The van der Waals surface area contributed by atoms with Crippen molar-refractivity contribution in [3.8, 4) is 0 Å². The van der Waals surface area contributed by atoms with Crippen LogP contribution in [0.4, 0.5) is 0 Å². The van der Waals surface area contributed by atoms with Gasteiger partial charge in [-0.05, 0) is 19.1 Å². The summed E-state index contributed by atoms with van der Waals surface area (Å²) in [6, 6.07) is 3.47. The molecular weight excluding hydrogens is 190 g/mol. The predicted molar refractivity (Wildman–Crippen MR) is 49.7 cm³/mol. The highest BCUT2D eigenvalue weighted by atomic mass is 32.1. The zero-order chi connectivity index (χ0) is 9.84. The molecule has 0 aliphatic rings. The van der Waals surface area contributed by atoms with Gasteiger partial charge < -0.3 is 10.3 Å². The molecule has 13 heavy (non-hydrogen) atoms. The lowest BCUT2D eigenvalue weighted by atomic mass is 10.3. The Bertz CT molecular complexity index is 343. The van der Waals surface area contributed by atoms with Crippen LogP contribution in [0.2, 0.25) is 0 Å². The molecule has 0 aliphatic carbocycles. The molecule has 0 aliphatic heterocycles. The Labute approximate surface area is 79.1 Å². The smallest absolute Gasteiger partial charge is 0.308 e. The Morgan fingerprint density at radius 1 is 1.62 bits per heavy atom. The maximum absolute atomic E-state index is 10.3. The molecule has 1 rings (SSSR count). The number of oxime groups is 1. The van der Waals surface area contributed by atoms with Crippen molar-refractivity contribution in [2.75, 3.05) is 0 Å². The van der Waals surface area contributed by atoms with E-state index in [1.54, 1.807) is 19.1 Å². The van der Waals surface area contributed by atoms with Crippen LogP contribution in [-0.2, 0) is 11.2 Å². The SMILES string of the molecule is C/C(=N/O)c1ccc(CC(=O)O)s1. The van der Waals surface area contributed by atoms with Crippen molar-refractivity contribution in [2.24, 2.45) is 5.16 Å². The Morgan fingerprint density at radius 2 is 2.31 bits per heavy atom. The molecule has 1 heterocycles. The first-order valence-electron chi connectivity index (χ1n) is 3.63. The molecule has 1 aromatic heterocycles. The van der Waals surface area contributed by atoms with E-state index in [4.69, 9.17) is 10.3 Å². The topological polar surface area (TPSA) is 69.9 Å². The van der Waals surface area contributed by atoms with Gasteiger partial charge in [-0.1, -0.05) is 5.16 Å². The van der Waals surface area contributed by atoms with Crippen molar-refractivity contribution >= 4 is 23.0 Å². The van der Waals surface area contributed by atoms with Crippen molar-refractivity contribution in [3.63, 3.8) is 0 Å². The van der Waals surface area contributed by atoms with Crippen LogP contribution >= 0.6 is 11.3 Å². The van der Waals surface area contributed by atoms with Gasteiger partial charge in [0.15, 0.2) is 0 Å². The summed E-state index contributed by atoms with van der Waals surface area (Å²) >= 11 is 1.32. The quantitative estimate of drug-likeness (QED) is 0.441. The van der Waals surface area contributed by atoms with Gasteiger partial charge in [-0.15, -0.1) is 11.3 Å². The molecule has 0 bridgehead atoms. The van der Waals surface area contributed by atoms with Gasteiger partial charge in [0.1, 0.15) is 0 Å². The van der Waals surface area contributed by atoms with E-state index in [2.05, 4.69) is 5.16 Å². The lowest BCUT2D eigenvalue weighted by molar-refractivity contribution is -0.136. The number of rotatable bonds is 3. The number of aliphatic carboxylic acids is 1. The van der Waals surface area contributed by atoms with Crippen LogP contribution in [-0.4, -0.2) is 22.0 Å². The molecule has 4 nitrogen and oxygen atoms in total. The Hall–Kier alpha value is -1.36. The number of nitrogens with zero attached hydrogens (tertiary/aromatic N) is 1. The molecule has 0 spiro atoms. The van der Waals surface area contributed by atoms with E-state index in [0.29, 0.717) is 5.71 Å². The van der Waals surface area contributed by atoms with Gasteiger partial charge in [-0.25, -0.2) is 0 Å². The standard InChI is InChI=1S/C8H9NO3S/c1-5(9-12)7-3-2-6(13-7)4-8(10)11/h2-3,12H,4H2,1H3,(H,10,11)/b9-5-. The van der Waals surface area contributed by atoms with Gasteiger partial charge in [0.25, 0.3) is 0 Å². The second kappa shape index (κ2) is 4.04. The van der Waals surface area contributed by atoms with Crippen molar-refractivity contribution in [3.05, 3.63) is 21.9 Å². The fraction of sp³-hybridized carbons (Fsp3) is 0.250. The van der Waals surface area contributed by atoms with Gasteiger partial charge in [0, 0.05) is 4.88 Å². The summed E-state index contributed by atoms with van der Waals surface area (Å²) in [4.78, 5) is 11.9. The summed E-state index contributed by atoms with van der Waals surface area (Å²) in [5, 5.41) is 20.0. The van der Waals surface area contributed by atoms with E-state index in [9.17, 15) is 4.79 Å². The van der Waals surface area contributed by atoms with Gasteiger partial charge in [0.2, 0.25) is 0 Å². The van der Waals surface area contributed by atoms with Crippen molar-refractivity contribution < 1.29 is 15.1 Å². The fourth-order valence-electron chi connectivity index (χ4n) is 0.866. The molecule has 2 N–H and O–H groups in total. The van der Waals surface area contributed by atoms with Gasteiger partial charge in [-0.2, -0.15) is 0 Å². The van der Waals surface area contributed by atoms with Gasteiger partial charge in [-0.3, -0.25) is 4.79 Å². The summed E-state index contributed by atoms with van der Waals surface area (Å²) < 4.78 is 0. The zero-order valence-electron chi connectivity index (χ0n) is 7.02. The van der Waals surface area contributed by atoms with Crippen molar-refractivity contribution in [1.82, 2.24) is 0 Å². The number of carboxylic acid groups (broad SMARTS) is 1. The number of thiophene rings is 1. The Morgan fingerprint density at radius 3 is 2.85 bits per heavy atom. The summed E-state index contributed by atoms with van der Waals surface area (Å²) in [6.45, 7) is 1.66. The first-order valence-corrected chi connectivity index (χ1v) is 4.44. The van der Waals surface area contributed by atoms with Crippen LogP contribution in [0.1, 0.15) is 16.7 Å². The molecule has 0 saturated carbocycles. The number of hydrogen-bond donors (Lipinski definition) is 2. The highest BCUT2D eigenvalue weighted by Gasteiger charge is 2.06. The van der Waals surface area contributed by atoms with E-state index >= 15 is 0 Å². The molecule has 5 heteroatoms. The monoisotopic (exact) mass is 199 g/mol. The van der Waals surface area contributed by atoms with Crippen molar-refractivity contribution in [1.29, 1.82) is 0 Å². The third-order valence-electron chi connectivity index (χ3n) is 1.49. The molecule has 1 aromatic rings. The second-order valence-corrected chi connectivity index (χ2v) is 3.69. The second-order valence-electron chi connectivity index (χ2n) is 2.52. The third kappa shape index (κ3) is 2.55. The fourth-order valence-corrected chi connectivity index (χ4v) is 1.80. The lowest BCUT2D eigenvalue weighted by Gasteiger charge is -1.90. The first kappa shape index (κ1) is 9.73. The third-order valence-corrected chi connectivity index (χ3v) is 2.69. The van der Waals surface area contributed by atoms with Crippen LogP contribution in [0.5, 0.6) is 0 Å². The van der Waals surface area contributed by atoms with Gasteiger partial charge in [0.05, 0.1) is 17.0 Å². The molecule has 0 saturated heterocycles. The average molecular weight is 199 g/mol. The first-order chi connectivity index (χ1) is 6.13. The van der Waals surface area contributed by atoms with E-state index in [1.165, 1.54) is 11.3 Å². The summed E-state index contributed by atoms with van der Waals surface area (Å²) in [7, 11) is 0. The molecule has 0 amide bonds. The minimum Gasteiger partial charge on any atom is -0.481 e. The summed E-state index contributed by atoms with van der Waals surface area (Å²) in [6.07, 6.45) is 0.0172. The van der Waals surface area contributed by atoms with E-state index < -0.39 is 5.97 Å². The molecule has 0 unspecified atom stereocenters. The predicted octanol–water partition coefficient (Wildman–Crippen LogP) is 1.57. The zero-order valence-corrected chi connectivity index (χ0v) is 7.84. The van der Waals surface area contributed by atoms with Crippen LogP contribution < -0.4 is 0 Å². The maximum atomic E-state index is 10.3. The summed E-state index contributed by atoms with van der Waals surface area (Å²) in [5.74, 6) is -0.855. The minimum absolute atomic E-state index is 0.0172. The lowest BCUT2D eigenvalue weighted by Crippen LogP contribution is -1.97. The normalized spacial score (nSPS) is 11.6. The number of hydrogen-bond acceptors (Lipinski definition) is 4. The maximum Gasteiger partial charge on any atom is 0.308 e. The molecule has 70 valence electrons. The van der Waals surface area contributed by atoms with Crippen LogP contribution in [0.15, 0.2) is 17.3 Å². The molecule has 0 atom stereocenters. The molecule has 0 fully saturated rings. The van der Waals surface area contributed by atoms with Crippen molar-refractivity contribution in [2.45, 2.75) is 13.3 Å².